The summed E-state index contributed by atoms with van der Waals surface area (Å²) in [7, 11) is 0. The molecule has 2 heterocycles. The second kappa shape index (κ2) is 7.00. The van der Waals surface area contributed by atoms with Gasteiger partial charge < -0.3 is 0 Å². The molecule has 9 heteroatoms. The number of carbonyl (C=O) groups excluding carboxylic acids is 4. The van der Waals surface area contributed by atoms with Gasteiger partial charge in [-0.3, -0.25) is 29.0 Å². The van der Waals surface area contributed by atoms with E-state index < -0.39 is 11.1 Å². The Bertz CT molecular complexity index is 747. The predicted molar refractivity (Wildman–Crippen MR) is 93.7 cm³/mol. The molecule has 0 bridgehead atoms. The number of rotatable bonds is 4. The molecule has 0 spiro atoms. The van der Waals surface area contributed by atoms with Crippen LogP contribution in [0.25, 0.3) is 6.08 Å². The van der Waals surface area contributed by atoms with Crippen molar-refractivity contribution in [3.63, 3.8) is 0 Å². The van der Waals surface area contributed by atoms with Gasteiger partial charge in [0, 0.05) is 18.1 Å². The molecule has 24 heavy (non-hydrogen) atoms. The fourth-order valence-electron chi connectivity index (χ4n) is 2.20. The van der Waals surface area contributed by atoms with E-state index in [1.165, 1.54) is 0 Å². The SMILES string of the molecule is O=C1CSC(=O)N1CCN1C(=O)S/C(=C\c2ccc(Cl)cc2)C1=O. The van der Waals surface area contributed by atoms with Crippen LogP contribution in [-0.4, -0.2) is 50.9 Å². The summed E-state index contributed by atoms with van der Waals surface area (Å²) in [5.41, 5.74) is 0.756. The highest BCUT2D eigenvalue weighted by atomic mass is 35.5. The maximum atomic E-state index is 12.4. The van der Waals surface area contributed by atoms with Gasteiger partial charge in [-0.15, -0.1) is 0 Å². The number of nitrogens with zero attached hydrogens (tertiary/aromatic N) is 2. The molecular formula is C15H11ClN2O4S2. The molecule has 2 saturated heterocycles. The van der Waals surface area contributed by atoms with E-state index in [1.807, 2.05) is 0 Å². The van der Waals surface area contributed by atoms with E-state index in [0.717, 1.165) is 38.9 Å². The van der Waals surface area contributed by atoms with Crippen LogP contribution in [0.4, 0.5) is 9.59 Å². The number of benzene rings is 1. The van der Waals surface area contributed by atoms with Crippen LogP contribution in [0.15, 0.2) is 29.2 Å². The van der Waals surface area contributed by atoms with E-state index in [9.17, 15) is 19.2 Å². The van der Waals surface area contributed by atoms with Crippen LogP contribution < -0.4 is 0 Å². The fraction of sp³-hybridized carbons (Fsp3) is 0.200. The lowest BCUT2D eigenvalue weighted by Crippen LogP contribution is -2.39. The summed E-state index contributed by atoms with van der Waals surface area (Å²) in [5, 5.41) is -0.172. The zero-order valence-corrected chi connectivity index (χ0v) is 14.6. The Hall–Kier alpha value is -1.77. The van der Waals surface area contributed by atoms with Gasteiger partial charge in [-0.1, -0.05) is 35.5 Å². The molecule has 4 amide bonds. The largest absolute Gasteiger partial charge is 0.293 e. The molecule has 6 nitrogen and oxygen atoms in total. The maximum absolute atomic E-state index is 12.4. The Labute approximate surface area is 151 Å². The van der Waals surface area contributed by atoms with Gasteiger partial charge in [-0.25, -0.2) is 0 Å². The molecular weight excluding hydrogens is 372 g/mol. The molecule has 124 valence electrons. The van der Waals surface area contributed by atoms with Gasteiger partial charge in [-0.2, -0.15) is 0 Å². The van der Waals surface area contributed by atoms with Gasteiger partial charge in [0.05, 0.1) is 10.7 Å². The van der Waals surface area contributed by atoms with Crippen molar-refractivity contribution in [2.75, 3.05) is 18.8 Å². The third-order valence-corrected chi connectivity index (χ3v) is 5.45. The minimum atomic E-state index is -0.424. The van der Waals surface area contributed by atoms with Crippen LogP contribution >= 0.6 is 35.1 Å². The summed E-state index contributed by atoms with van der Waals surface area (Å²) in [6.07, 6.45) is 1.61. The molecule has 0 atom stereocenters. The minimum absolute atomic E-state index is 0.000659. The van der Waals surface area contributed by atoms with Crippen LogP contribution in [-0.2, 0) is 9.59 Å². The smallest absolute Gasteiger partial charge is 0.273 e. The molecule has 1 aromatic carbocycles. The van der Waals surface area contributed by atoms with E-state index >= 15 is 0 Å². The first-order valence-corrected chi connectivity index (χ1v) is 9.12. The Morgan fingerprint density at radius 3 is 2.29 bits per heavy atom. The highest BCUT2D eigenvalue weighted by molar-refractivity contribution is 8.18. The summed E-state index contributed by atoms with van der Waals surface area (Å²) in [6.45, 7) is 0.0254. The Balaban J connectivity index is 1.69. The first-order valence-electron chi connectivity index (χ1n) is 6.94. The Morgan fingerprint density at radius 2 is 1.67 bits per heavy atom. The Morgan fingerprint density at radius 1 is 1.00 bits per heavy atom. The summed E-state index contributed by atoms with van der Waals surface area (Å²) >= 11 is 7.57. The van der Waals surface area contributed by atoms with Crippen molar-refractivity contribution in [3.8, 4) is 0 Å². The molecule has 0 unspecified atom stereocenters. The van der Waals surface area contributed by atoms with E-state index in [4.69, 9.17) is 11.6 Å². The lowest BCUT2D eigenvalue weighted by molar-refractivity contribution is -0.126. The summed E-state index contributed by atoms with van der Waals surface area (Å²) in [5.74, 6) is -0.614. The van der Waals surface area contributed by atoms with E-state index in [2.05, 4.69) is 0 Å². The van der Waals surface area contributed by atoms with Crippen molar-refractivity contribution in [2.45, 2.75) is 0 Å². The van der Waals surface area contributed by atoms with Crippen LogP contribution in [0.3, 0.4) is 0 Å². The van der Waals surface area contributed by atoms with Crippen LogP contribution in [0.2, 0.25) is 5.02 Å². The van der Waals surface area contributed by atoms with Crippen LogP contribution in [0, 0.1) is 0 Å². The topological polar surface area (TPSA) is 74.8 Å². The second-order valence-electron chi connectivity index (χ2n) is 4.98. The second-order valence-corrected chi connectivity index (χ2v) is 7.34. The summed E-state index contributed by atoms with van der Waals surface area (Å²) in [4.78, 5) is 49.9. The number of hydrogen-bond acceptors (Lipinski definition) is 6. The predicted octanol–water partition coefficient (Wildman–Crippen LogP) is 3.07. The fourth-order valence-corrected chi connectivity index (χ4v) is 3.94. The lowest BCUT2D eigenvalue weighted by Gasteiger charge is -2.17. The Kier molecular flexibility index (Phi) is 4.98. The number of carbonyl (C=O) groups is 4. The highest BCUT2D eigenvalue weighted by Crippen LogP contribution is 2.32. The van der Waals surface area contributed by atoms with E-state index in [0.29, 0.717) is 9.93 Å². The van der Waals surface area contributed by atoms with Gasteiger partial charge in [-0.05, 0) is 35.5 Å². The monoisotopic (exact) mass is 382 g/mol. The quantitative estimate of drug-likeness (QED) is 0.745. The average Bonchev–Trinajstić information content (AvgIpc) is 3.00. The first-order chi connectivity index (χ1) is 11.5. The molecule has 0 aliphatic carbocycles. The van der Waals surface area contributed by atoms with E-state index in [1.54, 1.807) is 30.3 Å². The van der Waals surface area contributed by atoms with Crippen molar-refractivity contribution in [1.82, 2.24) is 9.80 Å². The van der Waals surface area contributed by atoms with Gasteiger partial charge in [0.2, 0.25) is 5.91 Å². The van der Waals surface area contributed by atoms with Gasteiger partial charge in [0.15, 0.2) is 0 Å². The molecule has 1 aromatic rings. The van der Waals surface area contributed by atoms with Crippen LogP contribution in [0.5, 0.6) is 0 Å². The molecule has 2 aliphatic rings. The van der Waals surface area contributed by atoms with Crippen molar-refractivity contribution in [3.05, 3.63) is 39.8 Å². The number of amides is 4. The number of imide groups is 2. The lowest BCUT2D eigenvalue weighted by atomic mass is 10.2. The van der Waals surface area contributed by atoms with Crippen molar-refractivity contribution in [1.29, 1.82) is 0 Å². The zero-order valence-electron chi connectivity index (χ0n) is 12.2. The summed E-state index contributed by atoms with van der Waals surface area (Å²) in [6, 6.07) is 6.88. The number of thioether (sulfide) groups is 2. The molecule has 0 saturated carbocycles. The highest BCUT2D eigenvalue weighted by Gasteiger charge is 2.37. The molecule has 2 aliphatic heterocycles. The number of halogens is 1. The third kappa shape index (κ3) is 3.50. The first kappa shape index (κ1) is 17.1. The molecule has 3 rings (SSSR count). The molecule has 0 N–H and O–H groups in total. The van der Waals surface area contributed by atoms with Crippen molar-refractivity contribution in [2.24, 2.45) is 0 Å². The molecule has 0 aromatic heterocycles. The standard InChI is InChI=1S/C15H11ClN2O4S2/c16-10-3-1-9(2-4-10)7-11-13(20)18(15(22)24-11)6-5-17-12(19)8-23-14(17)21/h1-4,7H,5-6,8H2/b11-7-. The van der Waals surface area contributed by atoms with Crippen molar-refractivity contribution >= 4 is 63.5 Å². The van der Waals surface area contributed by atoms with Gasteiger partial charge in [0.1, 0.15) is 0 Å². The maximum Gasteiger partial charge on any atom is 0.293 e. The third-order valence-electron chi connectivity index (χ3n) is 3.43. The molecule has 0 radical (unpaired) electrons. The summed E-state index contributed by atoms with van der Waals surface area (Å²) < 4.78 is 0. The minimum Gasteiger partial charge on any atom is -0.273 e. The van der Waals surface area contributed by atoms with Gasteiger partial charge >= 0.3 is 0 Å². The normalized spacial score (nSPS) is 20.0. The van der Waals surface area contributed by atoms with Crippen LogP contribution in [0.1, 0.15) is 5.56 Å². The zero-order chi connectivity index (χ0) is 17.3. The molecule has 2 fully saturated rings. The van der Waals surface area contributed by atoms with Crippen molar-refractivity contribution < 1.29 is 19.2 Å². The average molecular weight is 383 g/mol. The van der Waals surface area contributed by atoms with E-state index in [-0.39, 0.29) is 30.0 Å². The van der Waals surface area contributed by atoms with Gasteiger partial charge in [0.25, 0.3) is 16.4 Å². The number of hydrogen-bond donors (Lipinski definition) is 0.